The number of aliphatic hydroxyl groups is 1. The number of nitrogens with one attached hydrogen (secondary N) is 5. The fraction of sp³-hybridized carbons (Fsp3) is 0.450. The Kier molecular flexibility index (Phi) is 10.5. The third-order valence-electron chi connectivity index (χ3n) is 5.06. The number of nitrogens with zero attached hydrogens (tertiary/aromatic N) is 2. The zero-order valence-corrected chi connectivity index (χ0v) is 19.1. The zero-order valence-electron chi connectivity index (χ0n) is 19.1. The predicted octanol–water partition coefficient (Wildman–Crippen LogP) is -3.96. The molecule has 4 amide bonds. The standard InChI is InChI=1S/C20H29N9O7/c21-12(1-2-16(22)31)17(32)27-13(3-10-5-23-8-25-10)18(33)29-15(7-30)19(34)28-14(20(35)36)4-11-6-24-9-26-11/h5-6,8-9,12-15,30H,1-4,7,21H2,(H2,22,31)(H,23,25)(H,24,26)(H,27,32)(H,28,34)(H,29,33)(H,35,36). The molecule has 2 aromatic heterocycles. The van der Waals surface area contributed by atoms with Crippen molar-refractivity contribution in [3.63, 3.8) is 0 Å². The number of aromatic amines is 2. The lowest BCUT2D eigenvalue weighted by molar-refractivity contribution is -0.142. The largest absolute Gasteiger partial charge is 0.480 e. The van der Waals surface area contributed by atoms with Gasteiger partial charge >= 0.3 is 5.97 Å². The van der Waals surface area contributed by atoms with Crippen LogP contribution in [0.1, 0.15) is 24.2 Å². The quantitative estimate of drug-likeness (QED) is 0.113. The van der Waals surface area contributed by atoms with Crippen LogP contribution in [0, 0.1) is 0 Å². The number of carbonyl (C=O) groups is 5. The molecular weight excluding hydrogens is 478 g/mol. The number of carboxylic acids is 1. The number of hydrogen-bond acceptors (Lipinski definition) is 9. The van der Waals surface area contributed by atoms with Crippen LogP contribution in [0.4, 0.5) is 0 Å². The number of rotatable bonds is 15. The number of aliphatic hydroxyl groups excluding tert-OH is 1. The maximum Gasteiger partial charge on any atom is 0.326 e. The molecule has 2 rings (SSSR count). The van der Waals surface area contributed by atoms with Gasteiger partial charge in [0.2, 0.25) is 23.6 Å². The minimum absolute atomic E-state index is 0.0475. The van der Waals surface area contributed by atoms with Crippen molar-refractivity contribution in [3.8, 4) is 0 Å². The topological polar surface area (TPSA) is 271 Å². The van der Waals surface area contributed by atoms with E-state index in [1.807, 2.05) is 0 Å². The molecule has 4 atom stereocenters. The second kappa shape index (κ2) is 13.5. The fourth-order valence-electron chi connectivity index (χ4n) is 3.09. The van der Waals surface area contributed by atoms with E-state index in [1.54, 1.807) is 0 Å². The summed E-state index contributed by atoms with van der Waals surface area (Å²) >= 11 is 0. The molecule has 0 bridgehead atoms. The van der Waals surface area contributed by atoms with Crippen LogP contribution < -0.4 is 27.4 Å². The van der Waals surface area contributed by atoms with E-state index < -0.39 is 60.4 Å². The van der Waals surface area contributed by atoms with Gasteiger partial charge in [0.05, 0.1) is 25.3 Å². The number of carbonyl (C=O) groups excluding carboxylic acids is 4. The van der Waals surface area contributed by atoms with Gasteiger partial charge in [-0.25, -0.2) is 14.8 Å². The van der Waals surface area contributed by atoms with Crippen molar-refractivity contribution in [3.05, 3.63) is 36.4 Å². The number of amides is 4. The van der Waals surface area contributed by atoms with Crippen molar-refractivity contribution in [1.82, 2.24) is 35.9 Å². The van der Waals surface area contributed by atoms with E-state index >= 15 is 0 Å². The summed E-state index contributed by atoms with van der Waals surface area (Å²) in [6, 6.07) is -5.27. The molecular formula is C20H29N9O7. The van der Waals surface area contributed by atoms with Crippen LogP contribution in [-0.4, -0.2) is 90.5 Å². The molecule has 11 N–H and O–H groups in total. The molecule has 0 radical (unpaired) electrons. The van der Waals surface area contributed by atoms with Crippen LogP contribution >= 0.6 is 0 Å². The number of primary amides is 1. The van der Waals surface area contributed by atoms with E-state index in [4.69, 9.17) is 11.5 Å². The zero-order chi connectivity index (χ0) is 26.7. The molecule has 0 aromatic carbocycles. The molecule has 0 saturated carbocycles. The van der Waals surface area contributed by atoms with E-state index in [1.165, 1.54) is 25.0 Å². The number of aliphatic carboxylic acids is 1. The van der Waals surface area contributed by atoms with Gasteiger partial charge in [-0.2, -0.15) is 0 Å². The number of imidazole rings is 2. The molecule has 16 nitrogen and oxygen atoms in total. The Morgan fingerprint density at radius 2 is 1.36 bits per heavy atom. The highest BCUT2D eigenvalue weighted by Crippen LogP contribution is 2.03. The number of hydrogen-bond donors (Lipinski definition) is 9. The average Bonchev–Trinajstić information content (AvgIpc) is 3.54. The molecule has 16 heteroatoms. The Labute approximate surface area is 204 Å². The van der Waals surface area contributed by atoms with Crippen molar-refractivity contribution >= 4 is 29.6 Å². The normalized spacial score (nSPS) is 14.2. The summed E-state index contributed by atoms with van der Waals surface area (Å²) in [5.74, 6) is -4.53. The summed E-state index contributed by atoms with van der Waals surface area (Å²) in [6.07, 6.45) is 5.15. The fourth-order valence-corrected chi connectivity index (χ4v) is 3.09. The third-order valence-corrected chi connectivity index (χ3v) is 5.06. The molecule has 2 heterocycles. The first kappa shape index (κ1) is 27.9. The molecule has 0 saturated heterocycles. The highest BCUT2D eigenvalue weighted by molar-refractivity contribution is 5.94. The van der Waals surface area contributed by atoms with Crippen LogP contribution in [-0.2, 0) is 36.8 Å². The van der Waals surface area contributed by atoms with Crippen LogP contribution in [0.2, 0.25) is 0 Å². The summed E-state index contributed by atoms with van der Waals surface area (Å²) in [4.78, 5) is 73.7. The van der Waals surface area contributed by atoms with Gasteiger partial charge in [0.1, 0.15) is 18.1 Å². The second-order valence-corrected chi connectivity index (χ2v) is 7.88. The van der Waals surface area contributed by atoms with Gasteiger partial charge in [0, 0.05) is 43.0 Å². The lowest BCUT2D eigenvalue weighted by atomic mass is 10.1. The first-order valence-electron chi connectivity index (χ1n) is 10.8. The molecule has 36 heavy (non-hydrogen) atoms. The summed E-state index contributed by atoms with van der Waals surface area (Å²) < 4.78 is 0. The van der Waals surface area contributed by atoms with Gasteiger partial charge in [-0.3, -0.25) is 19.2 Å². The third kappa shape index (κ3) is 8.80. The second-order valence-electron chi connectivity index (χ2n) is 7.88. The van der Waals surface area contributed by atoms with Crippen molar-refractivity contribution in [2.75, 3.05) is 6.61 Å². The number of aromatic nitrogens is 4. The van der Waals surface area contributed by atoms with Crippen molar-refractivity contribution < 1.29 is 34.2 Å². The molecule has 0 fully saturated rings. The van der Waals surface area contributed by atoms with Crippen LogP contribution in [0.15, 0.2) is 25.0 Å². The van der Waals surface area contributed by atoms with Crippen LogP contribution in [0.3, 0.4) is 0 Å². The van der Waals surface area contributed by atoms with Gasteiger partial charge < -0.3 is 47.6 Å². The lowest BCUT2D eigenvalue weighted by Gasteiger charge is -2.24. The number of nitrogens with two attached hydrogens (primary N) is 2. The molecule has 2 aromatic rings. The van der Waals surface area contributed by atoms with Crippen LogP contribution in [0.25, 0.3) is 0 Å². The number of H-pyrrole nitrogens is 2. The van der Waals surface area contributed by atoms with Gasteiger partial charge in [0.25, 0.3) is 0 Å². The summed E-state index contributed by atoms with van der Waals surface area (Å²) in [6.45, 7) is -0.850. The van der Waals surface area contributed by atoms with E-state index in [9.17, 15) is 34.2 Å². The van der Waals surface area contributed by atoms with Gasteiger partial charge in [-0.1, -0.05) is 0 Å². The monoisotopic (exact) mass is 507 g/mol. The highest BCUT2D eigenvalue weighted by atomic mass is 16.4. The molecule has 0 aliphatic heterocycles. The first-order chi connectivity index (χ1) is 17.1. The van der Waals surface area contributed by atoms with E-state index in [2.05, 4.69) is 35.9 Å². The van der Waals surface area contributed by atoms with E-state index in [0.717, 1.165) is 0 Å². The Morgan fingerprint density at radius 1 is 0.861 bits per heavy atom. The summed E-state index contributed by atoms with van der Waals surface area (Å²) in [5, 5.41) is 26.1. The van der Waals surface area contributed by atoms with Gasteiger partial charge in [0.15, 0.2) is 0 Å². The Balaban J connectivity index is 2.07. The Hall–Kier alpha value is -4.31. The minimum atomic E-state index is -1.52. The Bertz CT molecular complexity index is 1030. The molecule has 196 valence electrons. The average molecular weight is 508 g/mol. The molecule has 4 unspecified atom stereocenters. The summed E-state index contributed by atoms with van der Waals surface area (Å²) in [7, 11) is 0. The predicted molar refractivity (Wildman–Crippen MR) is 122 cm³/mol. The molecule has 0 aliphatic carbocycles. The smallest absolute Gasteiger partial charge is 0.326 e. The van der Waals surface area contributed by atoms with Crippen molar-refractivity contribution in [2.24, 2.45) is 11.5 Å². The van der Waals surface area contributed by atoms with Crippen molar-refractivity contribution in [1.29, 1.82) is 0 Å². The minimum Gasteiger partial charge on any atom is -0.480 e. The lowest BCUT2D eigenvalue weighted by Crippen LogP contribution is -2.58. The van der Waals surface area contributed by atoms with Crippen LogP contribution in [0.5, 0.6) is 0 Å². The Morgan fingerprint density at radius 3 is 1.83 bits per heavy atom. The van der Waals surface area contributed by atoms with E-state index in [0.29, 0.717) is 11.4 Å². The van der Waals surface area contributed by atoms with Gasteiger partial charge in [-0.15, -0.1) is 0 Å². The maximum absolute atomic E-state index is 12.9. The molecule has 0 aliphatic rings. The summed E-state index contributed by atoms with van der Waals surface area (Å²) in [5.41, 5.74) is 11.7. The highest BCUT2D eigenvalue weighted by Gasteiger charge is 2.30. The maximum atomic E-state index is 12.9. The molecule has 0 spiro atoms. The SMILES string of the molecule is NC(=O)CCC(N)C(=O)NC(Cc1cnc[nH]1)C(=O)NC(CO)C(=O)NC(Cc1cnc[nH]1)C(=O)O. The van der Waals surface area contributed by atoms with Gasteiger partial charge in [-0.05, 0) is 6.42 Å². The number of carboxylic acid groups (broad SMARTS) is 1. The van der Waals surface area contributed by atoms with E-state index in [-0.39, 0.29) is 25.7 Å². The van der Waals surface area contributed by atoms with Crippen molar-refractivity contribution in [2.45, 2.75) is 49.9 Å². The first-order valence-corrected chi connectivity index (χ1v) is 10.8.